The van der Waals surface area contributed by atoms with Gasteiger partial charge in [-0.25, -0.2) is 0 Å². The third-order valence-corrected chi connectivity index (χ3v) is 1.83. The van der Waals surface area contributed by atoms with Crippen molar-refractivity contribution in [3.63, 3.8) is 0 Å². The highest BCUT2D eigenvalue weighted by atomic mass is 14.2. The van der Waals surface area contributed by atoms with Crippen LogP contribution in [0.5, 0.6) is 0 Å². The van der Waals surface area contributed by atoms with E-state index in [1.165, 1.54) is 5.57 Å². The molecule has 0 aliphatic heterocycles. The Kier molecular flexibility index (Phi) is 3.92. The number of allylic oxidation sites excluding steroid dienone is 1. The van der Waals surface area contributed by atoms with Gasteiger partial charge in [-0.3, -0.25) is 0 Å². The standard InChI is InChI=1S/C10H20B/c1-8(2)9(7-11-6)10(3,4)5/h7-8H,1-6H3/b9-7+. The summed E-state index contributed by atoms with van der Waals surface area (Å²) in [5.41, 5.74) is 1.85. The highest BCUT2D eigenvalue weighted by molar-refractivity contribution is 6.40. The third kappa shape index (κ3) is 3.64. The monoisotopic (exact) mass is 151 g/mol. The molecule has 0 aliphatic carbocycles. The molecule has 63 valence electrons. The van der Waals surface area contributed by atoms with Crippen LogP contribution in [0.25, 0.3) is 0 Å². The molecule has 0 aliphatic rings. The predicted octanol–water partition coefficient (Wildman–Crippen LogP) is 3.32. The zero-order valence-electron chi connectivity index (χ0n) is 8.73. The fourth-order valence-electron chi connectivity index (χ4n) is 1.49. The van der Waals surface area contributed by atoms with Gasteiger partial charge >= 0.3 is 0 Å². The van der Waals surface area contributed by atoms with Gasteiger partial charge in [0, 0.05) is 0 Å². The van der Waals surface area contributed by atoms with Gasteiger partial charge in [-0.15, -0.1) is 5.98 Å². The van der Waals surface area contributed by atoms with E-state index in [0.29, 0.717) is 11.3 Å². The van der Waals surface area contributed by atoms with Crippen molar-refractivity contribution in [2.24, 2.45) is 11.3 Å². The van der Waals surface area contributed by atoms with Crippen LogP contribution >= 0.6 is 0 Å². The minimum atomic E-state index is 0.320. The van der Waals surface area contributed by atoms with Crippen molar-refractivity contribution in [3.8, 4) is 0 Å². The van der Waals surface area contributed by atoms with Crippen LogP contribution in [-0.2, 0) is 0 Å². The average Bonchev–Trinajstić information content (AvgIpc) is 1.79. The van der Waals surface area contributed by atoms with Crippen LogP contribution in [0.15, 0.2) is 11.5 Å². The van der Waals surface area contributed by atoms with E-state index in [1.54, 1.807) is 0 Å². The second-order valence-electron chi connectivity index (χ2n) is 4.36. The van der Waals surface area contributed by atoms with Crippen molar-refractivity contribution in [2.45, 2.75) is 41.4 Å². The topological polar surface area (TPSA) is 0 Å². The zero-order chi connectivity index (χ0) is 9.07. The lowest BCUT2D eigenvalue weighted by Crippen LogP contribution is -2.14. The highest BCUT2D eigenvalue weighted by Crippen LogP contribution is 2.30. The third-order valence-electron chi connectivity index (χ3n) is 1.83. The lowest BCUT2D eigenvalue weighted by atomic mass is 9.71. The fourth-order valence-corrected chi connectivity index (χ4v) is 1.49. The molecule has 0 nitrogen and oxygen atoms in total. The molecular formula is C10H20B. The van der Waals surface area contributed by atoms with Crippen molar-refractivity contribution in [1.82, 2.24) is 0 Å². The van der Waals surface area contributed by atoms with Gasteiger partial charge in [-0.1, -0.05) is 47.0 Å². The lowest BCUT2D eigenvalue weighted by molar-refractivity contribution is 0.449. The molecule has 0 N–H and O–H groups in total. The van der Waals surface area contributed by atoms with E-state index < -0.39 is 0 Å². The maximum absolute atomic E-state index is 2.27. The van der Waals surface area contributed by atoms with Gasteiger partial charge in [0.1, 0.15) is 7.28 Å². The summed E-state index contributed by atoms with van der Waals surface area (Å²) in [5, 5.41) is 0. The Morgan fingerprint density at radius 1 is 1.27 bits per heavy atom. The maximum atomic E-state index is 2.27. The van der Waals surface area contributed by atoms with Gasteiger partial charge in [0.25, 0.3) is 0 Å². The summed E-state index contributed by atoms with van der Waals surface area (Å²) in [6, 6.07) is 0. The van der Waals surface area contributed by atoms with E-state index in [-0.39, 0.29) is 0 Å². The Bertz CT molecular complexity index is 137. The molecule has 0 amide bonds. The first-order valence-electron chi connectivity index (χ1n) is 4.39. The Balaban J connectivity index is 4.49. The largest absolute Gasteiger partial charge is 0.137 e. The van der Waals surface area contributed by atoms with E-state index >= 15 is 0 Å². The van der Waals surface area contributed by atoms with E-state index in [0.717, 1.165) is 0 Å². The lowest BCUT2D eigenvalue weighted by Gasteiger charge is -2.26. The number of hydrogen-bond donors (Lipinski definition) is 0. The van der Waals surface area contributed by atoms with Crippen molar-refractivity contribution >= 4 is 7.28 Å². The van der Waals surface area contributed by atoms with Crippen LogP contribution in [0.4, 0.5) is 0 Å². The summed E-state index contributed by atoms with van der Waals surface area (Å²) < 4.78 is 0. The highest BCUT2D eigenvalue weighted by Gasteiger charge is 2.18. The van der Waals surface area contributed by atoms with E-state index in [2.05, 4.69) is 54.7 Å². The number of rotatable bonds is 2. The molecule has 0 heterocycles. The van der Waals surface area contributed by atoms with Crippen LogP contribution in [0, 0.1) is 11.3 Å². The molecule has 0 rings (SSSR count). The van der Waals surface area contributed by atoms with Gasteiger partial charge in [0.2, 0.25) is 0 Å². The molecule has 0 saturated heterocycles. The van der Waals surface area contributed by atoms with Crippen molar-refractivity contribution < 1.29 is 0 Å². The summed E-state index contributed by atoms with van der Waals surface area (Å²) in [6.45, 7) is 13.4. The second-order valence-corrected chi connectivity index (χ2v) is 4.36. The summed E-state index contributed by atoms with van der Waals surface area (Å²) >= 11 is 0. The molecule has 0 aromatic rings. The minimum absolute atomic E-state index is 0.320. The summed E-state index contributed by atoms with van der Waals surface area (Å²) in [5.74, 6) is 2.90. The summed E-state index contributed by atoms with van der Waals surface area (Å²) in [6.07, 6.45) is 0. The van der Waals surface area contributed by atoms with Crippen molar-refractivity contribution in [3.05, 3.63) is 11.5 Å². The molecule has 0 aromatic heterocycles. The Morgan fingerprint density at radius 3 is 1.82 bits per heavy atom. The Labute approximate surface area is 72.3 Å². The molecule has 0 aromatic carbocycles. The molecule has 0 spiro atoms. The van der Waals surface area contributed by atoms with Gasteiger partial charge in [0.15, 0.2) is 0 Å². The predicted molar refractivity (Wildman–Crippen MR) is 54.0 cm³/mol. The van der Waals surface area contributed by atoms with E-state index in [1.807, 2.05) is 0 Å². The first kappa shape index (κ1) is 10.8. The summed E-state index contributed by atoms with van der Waals surface area (Å²) in [7, 11) is 2.13. The number of hydrogen-bond acceptors (Lipinski definition) is 0. The molecule has 0 fully saturated rings. The van der Waals surface area contributed by atoms with E-state index in [4.69, 9.17) is 0 Å². The van der Waals surface area contributed by atoms with Crippen LogP contribution < -0.4 is 0 Å². The maximum Gasteiger partial charge on any atom is 0.137 e. The molecule has 1 radical (unpaired) electrons. The van der Waals surface area contributed by atoms with Crippen LogP contribution in [0.2, 0.25) is 6.82 Å². The Morgan fingerprint density at radius 2 is 1.73 bits per heavy atom. The van der Waals surface area contributed by atoms with Gasteiger partial charge < -0.3 is 0 Å². The molecule has 0 bridgehead atoms. The first-order valence-corrected chi connectivity index (χ1v) is 4.39. The van der Waals surface area contributed by atoms with Gasteiger partial charge in [-0.2, -0.15) is 0 Å². The molecule has 0 saturated carbocycles. The quantitative estimate of drug-likeness (QED) is 0.531. The Hall–Kier alpha value is -0.195. The molecular weight excluding hydrogens is 131 g/mol. The molecule has 0 atom stereocenters. The van der Waals surface area contributed by atoms with Crippen LogP contribution in [0.1, 0.15) is 34.6 Å². The molecule has 0 unspecified atom stereocenters. The summed E-state index contributed by atoms with van der Waals surface area (Å²) in [4.78, 5) is 0. The van der Waals surface area contributed by atoms with Crippen molar-refractivity contribution in [2.75, 3.05) is 0 Å². The zero-order valence-corrected chi connectivity index (χ0v) is 8.73. The SMILES string of the molecule is C[B]/C=C(\C(C)C)C(C)(C)C. The normalized spacial score (nSPS) is 13.9. The minimum Gasteiger partial charge on any atom is -0.123 e. The van der Waals surface area contributed by atoms with Gasteiger partial charge in [-0.05, 0) is 11.3 Å². The first-order chi connectivity index (χ1) is 4.89. The van der Waals surface area contributed by atoms with Crippen LogP contribution in [-0.4, -0.2) is 7.28 Å². The van der Waals surface area contributed by atoms with E-state index in [9.17, 15) is 0 Å². The fraction of sp³-hybridized carbons (Fsp3) is 0.800. The van der Waals surface area contributed by atoms with Crippen molar-refractivity contribution in [1.29, 1.82) is 0 Å². The van der Waals surface area contributed by atoms with Crippen LogP contribution in [0.3, 0.4) is 0 Å². The molecule has 1 heteroatoms. The molecule has 11 heavy (non-hydrogen) atoms. The average molecular weight is 151 g/mol. The smallest absolute Gasteiger partial charge is 0.123 e. The van der Waals surface area contributed by atoms with Gasteiger partial charge in [0.05, 0.1) is 0 Å². The second kappa shape index (κ2) is 3.99.